The molecule has 1 aliphatic heterocycles. The first-order chi connectivity index (χ1) is 16.7. The minimum Gasteiger partial charge on any atom is -0.444 e. The summed E-state index contributed by atoms with van der Waals surface area (Å²) in [5, 5.41) is 1.75. The Balaban J connectivity index is 1.57. The lowest BCUT2D eigenvalue weighted by molar-refractivity contribution is -0.129. The fourth-order valence-electron chi connectivity index (χ4n) is 5.39. The predicted molar refractivity (Wildman–Crippen MR) is 135 cm³/mol. The zero-order valence-corrected chi connectivity index (χ0v) is 23.4. The van der Waals surface area contributed by atoms with Crippen molar-refractivity contribution < 1.29 is 27.1 Å². The number of rotatable bonds is 6. The van der Waals surface area contributed by atoms with Gasteiger partial charge < -0.3 is 9.64 Å². The van der Waals surface area contributed by atoms with Crippen LogP contribution in [-0.2, 0) is 19.6 Å². The second-order valence-corrected chi connectivity index (χ2v) is 14.0. The van der Waals surface area contributed by atoms with Gasteiger partial charge in [-0.15, -0.1) is 16.4 Å². The third-order valence-corrected chi connectivity index (χ3v) is 9.55. The minimum absolute atomic E-state index is 0.0132. The van der Waals surface area contributed by atoms with Crippen molar-refractivity contribution in [1.82, 2.24) is 25.4 Å². The Morgan fingerprint density at radius 2 is 1.89 bits per heavy atom. The molecular formula is C23H41ClFN5O5S. The van der Waals surface area contributed by atoms with Crippen LogP contribution in [0, 0.1) is 11.8 Å². The zero-order chi connectivity index (χ0) is 26.8. The molecule has 13 heteroatoms. The second-order valence-electron chi connectivity index (χ2n) is 11.5. The van der Waals surface area contributed by atoms with Gasteiger partial charge in [0.15, 0.2) is 0 Å². The molecule has 0 aromatic heterocycles. The summed E-state index contributed by atoms with van der Waals surface area (Å²) in [6, 6.07) is -0.203. The van der Waals surface area contributed by atoms with E-state index >= 15 is 0 Å². The van der Waals surface area contributed by atoms with E-state index in [0.29, 0.717) is 25.7 Å². The molecule has 0 aromatic carbocycles. The van der Waals surface area contributed by atoms with Crippen LogP contribution in [0.3, 0.4) is 0 Å². The molecule has 3 fully saturated rings. The molecule has 0 spiro atoms. The first-order valence-electron chi connectivity index (χ1n) is 12.6. The minimum atomic E-state index is -3.95. The van der Waals surface area contributed by atoms with E-state index in [0.717, 1.165) is 13.2 Å². The Kier molecular flexibility index (Phi) is 9.52. The highest BCUT2D eigenvalue weighted by molar-refractivity contribution is 7.90. The van der Waals surface area contributed by atoms with Gasteiger partial charge in [0, 0.05) is 32.3 Å². The van der Waals surface area contributed by atoms with E-state index in [2.05, 4.69) is 20.5 Å². The fourth-order valence-corrected chi connectivity index (χ4v) is 7.16. The number of carbonyl (C=O) groups is 2. The summed E-state index contributed by atoms with van der Waals surface area (Å²) in [4.78, 5) is 31.0. The number of nitrogens with zero attached hydrogens (tertiary/aromatic N) is 2. The number of sulfonamides is 1. The van der Waals surface area contributed by atoms with Crippen LogP contribution in [0.2, 0.25) is 0 Å². The van der Waals surface area contributed by atoms with Gasteiger partial charge in [-0.3, -0.25) is 20.4 Å². The van der Waals surface area contributed by atoms with E-state index in [-0.39, 0.29) is 30.8 Å². The molecule has 36 heavy (non-hydrogen) atoms. The van der Waals surface area contributed by atoms with Crippen molar-refractivity contribution in [2.45, 2.75) is 93.8 Å². The van der Waals surface area contributed by atoms with Crippen LogP contribution in [0.1, 0.15) is 59.3 Å². The Bertz CT molecular complexity index is 904. The van der Waals surface area contributed by atoms with E-state index in [4.69, 9.17) is 16.3 Å². The molecule has 2 amide bonds. The van der Waals surface area contributed by atoms with Crippen LogP contribution < -0.4 is 15.6 Å². The molecule has 208 valence electrons. The summed E-state index contributed by atoms with van der Waals surface area (Å²) in [5.41, 5.74) is 1.59. The average Bonchev–Trinajstić information content (AvgIpc) is 3.24. The smallest absolute Gasteiger partial charge is 0.410 e. The van der Waals surface area contributed by atoms with Crippen LogP contribution in [0.25, 0.3) is 0 Å². The number of alkyl halides is 2. The van der Waals surface area contributed by atoms with Gasteiger partial charge in [0.2, 0.25) is 15.9 Å². The number of hydrazine groups is 1. The van der Waals surface area contributed by atoms with Gasteiger partial charge in [0.1, 0.15) is 11.8 Å². The number of ether oxygens (including phenoxy) is 1. The molecule has 1 saturated heterocycles. The Labute approximate surface area is 219 Å². The number of hydrogen-bond acceptors (Lipinski definition) is 7. The molecule has 3 rings (SSSR count). The van der Waals surface area contributed by atoms with Crippen molar-refractivity contribution in [2.75, 3.05) is 27.3 Å². The predicted octanol–water partition coefficient (Wildman–Crippen LogP) is 1.95. The van der Waals surface area contributed by atoms with E-state index in [1.807, 2.05) is 7.05 Å². The molecule has 3 aliphatic rings. The molecule has 2 saturated carbocycles. The van der Waals surface area contributed by atoms with Crippen LogP contribution in [0.4, 0.5) is 9.18 Å². The Hall–Kier alpha value is -1.21. The number of amides is 2. The van der Waals surface area contributed by atoms with Crippen LogP contribution in [-0.4, -0.2) is 92.0 Å². The molecule has 0 radical (unpaired) electrons. The summed E-state index contributed by atoms with van der Waals surface area (Å²) in [5.74, 6) is -1.75. The lowest BCUT2D eigenvalue weighted by Gasteiger charge is -2.37. The second kappa shape index (κ2) is 11.7. The summed E-state index contributed by atoms with van der Waals surface area (Å²) in [7, 11) is -0.368. The van der Waals surface area contributed by atoms with Crippen molar-refractivity contribution in [3.05, 3.63) is 0 Å². The van der Waals surface area contributed by atoms with Gasteiger partial charge in [-0.2, -0.15) is 0 Å². The lowest BCUT2D eigenvalue weighted by atomic mass is 9.76. The standard InChI is InChI=1S/C23H41ClFN5O5S/c1-23(2,3)35-22(32)30(5)15-7-6-8-16(11-15)36(33,34)28-27-21(31)17-9-14(10-18(24)20(17)25)19-12-29(4)13-26-19/h14-20,26,28H,6-13H2,1-5H3,(H,27,31). The van der Waals surface area contributed by atoms with Crippen LogP contribution >= 0.6 is 11.6 Å². The highest BCUT2D eigenvalue weighted by Gasteiger charge is 2.45. The van der Waals surface area contributed by atoms with E-state index in [1.165, 1.54) is 4.90 Å². The van der Waals surface area contributed by atoms with E-state index in [1.54, 1.807) is 27.8 Å². The Morgan fingerprint density at radius 3 is 2.50 bits per heavy atom. The number of likely N-dealkylation sites (N-methyl/N-ethyl adjacent to an activating group) is 1. The van der Waals surface area contributed by atoms with Gasteiger partial charge >= 0.3 is 6.09 Å². The highest BCUT2D eigenvalue weighted by atomic mass is 35.5. The zero-order valence-electron chi connectivity index (χ0n) is 21.8. The molecule has 7 unspecified atom stereocenters. The van der Waals surface area contributed by atoms with Gasteiger partial charge in [-0.25, -0.2) is 17.6 Å². The molecular weight excluding hydrogens is 513 g/mol. The van der Waals surface area contributed by atoms with Gasteiger partial charge in [0.05, 0.1) is 16.5 Å². The Morgan fingerprint density at radius 1 is 1.19 bits per heavy atom. The van der Waals surface area contributed by atoms with Gasteiger partial charge in [-0.05, 0) is 65.8 Å². The fraction of sp³-hybridized carbons (Fsp3) is 0.913. The van der Waals surface area contributed by atoms with E-state index < -0.39 is 50.3 Å². The number of hydrogen-bond donors (Lipinski definition) is 3. The van der Waals surface area contributed by atoms with Crippen molar-refractivity contribution >= 4 is 33.6 Å². The van der Waals surface area contributed by atoms with Crippen molar-refractivity contribution in [1.29, 1.82) is 0 Å². The molecule has 0 bridgehead atoms. The van der Waals surface area contributed by atoms with Crippen LogP contribution in [0.5, 0.6) is 0 Å². The molecule has 7 atom stereocenters. The normalized spacial score (nSPS) is 34.2. The number of carbonyl (C=O) groups excluding carboxylic acids is 2. The number of nitrogens with one attached hydrogen (secondary N) is 3. The van der Waals surface area contributed by atoms with Crippen molar-refractivity contribution in [2.24, 2.45) is 11.8 Å². The molecule has 1 heterocycles. The third-order valence-electron chi connectivity index (χ3n) is 7.44. The van der Waals surface area contributed by atoms with Gasteiger partial charge in [0.25, 0.3) is 0 Å². The quantitative estimate of drug-likeness (QED) is 0.339. The molecule has 3 N–H and O–H groups in total. The summed E-state index contributed by atoms with van der Waals surface area (Å²) < 4.78 is 46.3. The summed E-state index contributed by atoms with van der Waals surface area (Å²) in [6.45, 7) is 6.81. The first-order valence-corrected chi connectivity index (χ1v) is 14.6. The monoisotopic (exact) mass is 553 g/mol. The molecule has 0 aromatic rings. The van der Waals surface area contributed by atoms with Gasteiger partial charge in [-0.1, -0.05) is 6.42 Å². The largest absolute Gasteiger partial charge is 0.444 e. The molecule has 2 aliphatic carbocycles. The van der Waals surface area contributed by atoms with E-state index in [9.17, 15) is 22.4 Å². The van der Waals surface area contributed by atoms with Crippen LogP contribution in [0.15, 0.2) is 0 Å². The third kappa shape index (κ3) is 7.43. The lowest BCUT2D eigenvalue weighted by Crippen LogP contribution is -2.54. The van der Waals surface area contributed by atoms with Crippen molar-refractivity contribution in [3.63, 3.8) is 0 Å². The molecule has 10 nitrogen and oxygen atoms in total. The topological polar surface area (TPSA) is 120 Å². The average molecular weight is 554 g/mol. The SMILES string of the molecule is CN1CNC(C2CC(Cl)C(F)C(C(=O)NNS(=O)(=O)C3CCCC(N(C)C(=O)OC(C)(C)C)C3)C2)C1. The summed E-state index contributed by atoms with van der Waals surface area (Å²) >= 11 is 6.26. The summed E-state index contributed by atoms with van der Waals surface area (Å²) in [6.07, 6.45) is 0.537. The maximum absolute atomic E-state index is 14.9. The maximum Gasteiger partial charge on any atom is 0.410 e. The number of halogens is 2. The maximum atomic E-state index is 14.9. The highest BCUT2D eigenvalue weighted by Crippen LogP contribution is 2.37. The first kappa shape index (κ1) is 29.3. The van der Waals surface area contributed by atoms with Crippen molar-refractivity contribution in [3.8, 4) is 0 Å².